The number of piperazine rings is 1. The summed E-state index contributed by atoms with van der Waals surface area (Å²) < 4.78 is 5.37. The molecular formula is C15H14N2O3. The molecule has 0 aliphatic carbocycles. The summed E-state index contributed by atoms with van der Waals surface area (Å²) in [4.78, 5) is 24.2. The summed E-state index contributed by atoms with van der Waals surface area (Å²) >= 11 is 0. The van der Waals surface area contributed by atoms with E-state index in [0.29, 0.717) is 30.9 Å². The maximum Gasteiger partial charge on any atom is 0.240 e. The van der Waals surface area contributed by atoms with Crippen molar-refractivity contribution in [3.8, 4) is 11.3 Å². The van der Waals surface area contributed by atoms with Crippen molar-refractivity contribution in [2.45, 2.75) is 0 Å². The third-order valence-corrected chi connectivity index (χ3v) is 3.30. The lowest BCUT2D eigenvalue weighted by Crippen LogP contribution is -2.48. The fourth-order valence-electron chi connectivity index (χ4n) is 2.26. The van der Waals surface area contributed by atoms with Crippen molar-refractivity contribution >= 4 is 17.9 Å². The van der Waals surface area contributed by atoms with Gasteiger partial charge < -0.3 is 14.6 Å². The Morgan fingerprint density at radius 2 is 1.95 bits per heavy atom. The smallest absolute Gasteiger partial charge is 0.240 e. The normalized spacial score (nSPS) is 15.4. The summed E-state index contributed by atoms with van der Waals surface area (Å²) in [7, 11) is 0. The largest absolute Gasteiger partial charge is 0.453 e. The molecule has 1 fully saturated rings. The molecule has 20 heavy (non-hydrogen) atoms. The number of carbonyl (C=O) groups excluding carboxylic acids is 2. The molecule has 5 nitrogen and oxygen atoms in total. The fourth-order valence-corrected chi connectivity index (χ4v) is 2.26. The van der Waals surface area contributed by atoms with E-state index in [4.69, 9.17) is 4.42 Å². The van der Waals surface area contributed by atoms with E-state index in [1.807, 2.05) is 24.3 Å². The lowest BCUT2D eigenvalue weighted by Gasteiger charge is -2.27. The van der Waals surface area contributed by atoms with E-state index in [1.165, 1.54) is 0 Å². The molecule has 2 heterocycles. The van der Waals surface area contributed by atoms with Gasteiger partial charge in [0, 0.05) is 24.3 Å². The Hall–Kier alpha value is -2.40. The van der Waals surface area contributed by atoms with Crippen LogP contribution in [0.4, 0.5) is 5.69 Å². The molecule has 1 aromatic carbocycles. The maximum atomic E-state index is 11.8. The van der Waals surface area contributed by atoms with Crippen LogP contribution in [0.5, 0.6) is 0 Å². The molecule has 1 aliphatic heterocycles. The number of nitrogens with zero attached hydrogens (tertiary/aromatic N) is 1. The topological polar surface area (TPSA) is 62.6 Å². The maximum absolute atomic E-state index is 11.8. The van der Waals surface area contributed by atoms with E-state index in [0.717, 1.165) is 17.8 Å². The van der Waals surface area contributed by atoms with Gasteiger partial charge in [-0.2, -0.15) is 0 Å². The number of benzene rings is 1. The van der Waals surface area contributed by atoms with Gasteiger partial charge in [0.15, 0.2) is 12.0 Å². The molecule has 1 N–H and O–H groups in total. The Morgan fingerprint density at radius 1 is 1.15 bits per heavy atom. The first-order chi connectivity index (χ1) is 9.78. The number of carbonyl (C=O) groups is 2. The number of hydrogen-bond donors (Lipinski definition) is 1. The van der Waals surface area contributed by atoms with E-state index in [-0.39, 0.29) is 5.91 Å². The second kappa shape index (κ2) is 5.30. The van der Waals surface area contributed by atoms with Gasteiger partial charge in [-0.15, -0.1) is 0 Å². The second-order valence-electron chi connectivity index (χ2n) is 4.59. The highest BCUT2D eigenvalue weighted by Gasteiger charge is 2.19. The van der Waals surface area contributed by atoms with Crippen LogP contribution in [-0.2, 0) is 4.79 Å². The molecule has 1 aliphatic rings. The van der Waals surface area contributed by atoms with Crippen molar-refractivity contribution in [2.75, 3.05) is 24.5 Å². The van der Waals surface area contributed by atoms with Crippen LogP contribution >= 0.6 is 0 Å². The third-order valence-electron chi connectivity index (χ3n) is 3.30. The summed E-state index contributed by atoms with van der Waals surface area (Å²) in [6.45, 7) is 1.85. The average Bonchev–Trinajstić information content (AvgIpc) is 2.97. The van der Waals surface area contributed by atoms with Crippen LogP contribution in [-0.4, -0.2) is 31.8 Å². The molecule has 0 spiro atoms. The van der Waals surface area contributed by atoms with Crippen LogP contribution in [0, 0.1) is 0 Å². The molecule has 102 valence electrons. The number of aldehydes is 1. The van der Waals surface area contributed by atoms with Crippen LogP contribution in [0.1, 0.15) is 10.6 Å². The first-order valence-electron chi connectivity index (χ1n) is 6.44. The zero-order valence-corrected chi connectivity index (χ0v) is 10.8. The molecule has 1 amide bonds. The van der Waals surface area contributed by atoms with Crippen LogP contribution in [0.2, 0.25) is 0 Å². The van der Waals surface area contributed by atoms with E-state index < -0.39 is 0 Å². The molecule has 0 atom stereocenters. The van der Waals surface area contributed by atoms with Crippen molar-refractivity contribution in [3.63, 3.8) is 0 Å². The van der Waals surface area contributed by atoms with Crippen LogP contribution in [0.15, 0.2) is 40.8 Å². The monoisotopic (exact) mass is 270 g/mol. The molecule has 0 saturated carbocycles. The van der Waals surface area contributed by atoms with Gasteiger partial charge in [-0.3, -0.25) is 9.59 Å². The van der Waals surface area contributed by atoms with Gasteiger partial charge in [-0.1, -0.05) is 0 Å². The lowest BCUT2D eigenvalue weighted by atomic mass is 10.1. The predicted octanol–water partition coefficient (Wildman–Crippen LogP) is 1.70. The van der Waals surface area contributed by atoms with E-state index in [2.05, 4.69) is 5.32 Å². The van der Waals surface area contributed by atoms with Crippen molar-refractivity contribution in [1.82, 2.24) is 5.32 Å². The van der Waals surface area contributed by atoms with Crippen LogP contribution in [0.25, 0.3) is 11.3 Å². The molecule has 1 saturated heterocycles. The van der Waals surface area contributed by atoms with Crippen molar-refractivity contribution in [1.29, 1.82) is 0 Å². The Balaban J connectivity index is 1.83. The van der Waals surface area contributed by atoms with Gasteiger partial charge in [0.05, 0.1) is 6.54 Å². The molecule has 3 rings (SSSR count). The first-order valence-corrected chi connectivity index (χ1v) is 6.44. The number of rotatable bonds is 3. The first kappa shape index (κ1) is 12.6. The average molecular weight is 270 g/mol. The molecule has 0 bridgehead atoms. The Morgan fingerprint density at radius 3 is 2.60 bits per heavy atom. The van der Waals surface area contributed by atoms with Crippen LogP contribution in [0.3, 0.4) is 0 Å². The van der Waals surface area contributed by atoms with Gasteiger partial charge in [0.1, 0.15) is 5.76 Å². The number of hydrogen-bond acceptors (Lipinski definition) is 4. The van der Waals surface area contributed by atoms with Gasteiger partial charge >= 0.3 is 0 Å². The predicted molar refractivity (Wildman–Crippen MR) is 74.8 cm³/mol. The van der Waals surface area contributed by atoms with Crippen molar-refractivity contribution < 1.29 is 14.0 Å². The van der Waals surface area contributed by atoms with Gasteiger partial charge in [-0.05, 0) is 36.4 Å². The summed E-state index contributed by atoms with van der Waals surface area (Å²) in [5, 5.41) is 3.04. The van der Waals surface area contributed by atoms with Gasteiger partial charge in [-0.25, -0.2) is 0 Å². The SMILES string of the molecule is O=Cc1ccc(-c2ccc(N3CCNCC3=O)cc2)o1. The zero-order chi connectivity index (χ0) is 13.9. The van der Waals surface area contributed by atoms with Gasteiger partial charge in [0.2, 0.25) is 5.91 Å². The number of furan rings is 1. The number of amides is 1. The minimum atomic E-state index is 0.0743. The minimum Gasteiger partial charge on any atom is -0.453 e. The molecular weight excluding hydrogens is 256 g/mol. The van der Waals surface area contributed by atoms with E-state index in [1.54, 1.807) is 17.0 Å². The summed E-state index contributed by atoms with van der Waals surface area (Å²) in [6.07, 6.45) is 0.678. The fraction of sp³-hybridized carbons (Fsp3) is 0.200. The molecule has 5 heteroatoms. The Kier molecular flexibility index (Phi) is 3.35. The summed E-state index contributed by atoms with van der Waals surface area (Å²) in [6, 6.07) is 10.9. The quantitative estimate of drug-likeness (QED) is 0.862. The van der Waals surface area contributed by atoms with Gasteiger partial charge in [0.25, 0.3) is 0 Å². The van der Waals surface area contributed by atoms with E-state index in [9.17, 15) is 9.59 Å². The minimum absolute atomic E-state index is 0.0743. The molecule has 2 aromatic rings. The lowest BCUT2D eigenvalue weighted by molar-refractivity contribution is -0.118. The number of anilines is 1. The Labute approximate surface area is 116 Å². The molecule has 0 unspecified atom stereocenters. The summed E-state index contributed by atoms with van der Waals surface area (Å²) in [5.41, 5.74) is 1.76. The van der Waals surface area contributed by atoms with E-state index >= 15 is 0 Å². The molecule has 1 aromatic heterocycles. The van der Waals surface area contributed by atoms with Crippen molar-refractivity contribution in [2.24, 2.45) is 0 Å². The second-order valence-corrected chi connectivity index (χ2v) is 4.59. The number of nitrogens with one attached hydrogen (secondary N) is 1. The summed E-state index contributed by atoms with van der Waals surface area (Å²) in [5.74, 6) is 1.02. The highest BCUT2D eigenvalue weighted by molar-refractivity contribution is 5.95. The highest BCUT2D eigenvalue weighted by Crippen LogP contribution is 2.25. The van der Waals surface area contributed by atoms with Crippen molar-refractivity contribution in [3.05, 3.63) is 42.2 Å². The highest BCUT2D eigenvalue weighted by atomic mass is 16.3. The van der Waals surface area contributed by atoms with Crippen LogP contribution < -0.4 is 10.2 Å². The Bertz CT molecular complexity index is 631. The standard InChI is InChI=1S/C15H14N2O3/c18-10-13-5-6-14(20-13)11-1-3-12(4-2-11)17-8-7-16-9-15(17)19/h1-6,10,16H,7-9H2. The third kappa shape index (κ3) is 2.35. The zero-order valence-electron chi connectivity index (χ0n) is 10.8. The molecule has 0 radical (unpaired) electrons.